The van der Waals surface area contributed by atoms with E-state index in [1.807, 2.05) is 18.3 Å². The molecule has 0 unspecified atom stereocenters. The second-order valence-corrected chi connectivity index (χ2v) is 5.76. The Morgan fingerprint density at radius 1 is 1.29 bits per heavy atom. The average Bonchev–Trinajstić information content (AvgIpc) is 3.00. The summed E-state index contributed by atoms with van der Waals surface area (Å²) in [5, 5.41) is 4.24. The molecular formula is C16H20N4S. The molecule has 1 fully saturated rings. The van der Waals surface area contributed by atoms with E-state index in [-0.39, 0.29) is 12.1 Å². The van der Waals surface area contributed by atoms with Crippen LogP contribution in [0.5, 0.6) is 0 Å². The number of likely N-dealkylation sites (N-methyl/N-ethyl adjacent to an activating group) is 1. The molecule has 4 nitrogen and oxygen atoms in total. The van der Waals surface area contributed by atoms with E-state index in [2.05, 4.69) is 58.9 Å². The first-order chi connectivity index (χ1) is 10.1. The topological polar surface area (TPSA) is 33.1 Å². The van der Waals surface area contributed by atoms with Gasteiger partial charge in [0.05, 0.1) is 17.8 Å². The lowest BCUT2D eigenvalue weighted by Gasteiger charge is -2.27. The van der Waals surface area contributed by atoms with Crippen LogP contribution in [0.1, 0.15) is 36.1 Å². The maximum Gasteiger partial charge on any atom is 0.170 e. The molecule has 1 aliphatic heterocycles. The largest absolute Gasteiger partial charge is 0.352 e. The molecule has 1 N–H and O–H groups in total. The fourth-order valence-corrected chi connectivity index (χ4v) is 3.37. The van der Waals surface area contributed by atoms with Gasteiger partial charge in [-0.2, -0.15) is 0 Å². The Kier molecular flexibility index (Phi) is 3.68. The van der Waals surface area contributed by atoms with Crippen LogP contribution in [0.25, 0.3) is 0 Å². The van der Waals surface area contributed by atoms with Crippen LogP contribution in [0.2, 0.25) is 0 Å². The van der Waals surface area contributed by atoms with Crippen LogP contribution < -0.4 is 5.32 Å². The Bertz CT molecular complexity index is 650. The molecule has 0 amide bonds. The van der Waals surface area contributed by atoms with Gasteiger partial charge in [-0.05, 0) is 50.3 Å². The Hall–Kier alpha value is -1.88. The summed E-state index contributed by atoms with van der Waals surface area (Å²) >= 11 is 5.52. The molecule has 2 atom stereocenters. The number of hydrogen-bond donors (Lipinski definition) is 1. The third-order valence-electron chi connectivity index (χ3n) is 4.25. The number of hydrogen-bond acceptors (Lipinski definition) is 2. The first kappa shape index (κ1) is 14.1. The minimum Gasteiger partial charge on any atom is -0.352 e. The van der Waals surface area contributed by atoms with Crippen LogP contribution in [0.3, 0.4) is 0 Å². The first-order valence-electron chi connectivity index (χ1n) is 7.23. The summed E-state index contributed by atoms with van der Waals surface area (Å²) in [7, 11) is 2.11. The first-order valence-corrected chi connectivity index (χ1v) is 7.64. The smallest absolute Gasteiger partial charge is 0.170 e. The molecule has 3 heterocycles. The van der Waals surface area contributed by atoms with Crippen molar-refractivity contribution < 1.29 is 0 Å². The van der Waals surface area contributed by atoms with Gasteiger partial charge in [0.15, 0.2) is 5.11 Å². The zero-order valence-electron chi connectivity index (χ0n) is 12.6. The molecule has 1 saturated heterocycles. The van der Waals surface area contributed by atoms with E-state index < -0.39 is 0 Å². The van der Waals surface area contributed by atoms with Crippen molar-refractivity contribution in [2.75, 3.05) is 6.54 Å². The molecule has 0 spiro atoms. The fraction of sp³-hybridized carbons (Fsp3) is 0.375. The molecule has 3 rings (SSSR count). The maximum atomic E-state index is 5.52. The summed E-state index contributed by atoms with van der Waals surface area (Å²) in [4.78, 5) is 6.76. The molecule has 21 heavy (non-hydrogen) atoms. The zero-order chi connectivity index (χ0) is 15.0. The van der Waals surface area contributed by atoms with Crippen molar-refractivity contribution in [3.8, 4) is 0 Å². The van der Waals surface area contributed by atoms with Gasteiger partial charge >= 0.3 is 0 Å². The Labute approximate surface area is 130 Å². The van der Waals surface area contributed by atoms with Crippen LogP contribution in [0.4, 0.5) is 0 Å². The van der Waals surface area contributed by atoms with Crippen molar-refractivity contribution in [3.05, 3.63) is 53.6 Å². The van der Waals surface area contributed by atoms with Gasteiger partial charge in [0.1, 0.15) is 0 Å². The van der Waals surface area contributed by atoms with E-state index in [4.69, 9.17) is 12.2 Å². The van der Waals surface area contributed by atoms with E-state index >= 15 is 0 Å². The molecule has 0 saturated carbocycles. The molecule has 0 aliphatic carbocycles. The van der Waals surface area contributed by atoms with Crippen molar-refractivity contribution in [1.29, 1.82) is 0 Å². The quantitative estimate of drug-likeness (QED) is 0.884. The van der Waals surface area contributed by atoms with Gasteiger partial charge in [0.25, 0.3) is 0 Å². The minimum absolute atomic E-state index is 0.0895. The molecule has 0 radical (unpaired) electrons. The number of pyridine rings is 1. The lowest BCUT2D eigenvalue weighted by Crippen LogP contribution is -2.30. The van der Waals surface area contributed by atoms with Crippen LogP contribution in [0.15, 0.2) is 36.5 Å². The van der Waals surface area contributed by atoms with Gasteiger partial charge in [-0.3, -0.25) is 4.98 Å². The summed E-state index contributed by atoms with van der Waals surface area (Å²) in [6.07, 6.45) is 1.84. The van der Waals surface area contributed by atoms with Crippen LogP contribution >= 0.6 is 12.2 Å². The molecule has 5 heteroatoms. The van der Waals surface area contributed by atoms with Crippen molar-refractivity contribution >= 4 is 17.3 Å². The van der Waals surface area contributed by atoms with E-state index in [0.29, 0.717) is 0 Å². The Balaban J connectivity index is 2.07. The van der Waals surface area contributed by atoms with Crippen molar-refractivity contribution in [2.24, 2.45) is 7.05 Å². The molecule has 110 valence electrons. The van der Waals surface area contributed by atoms with E-state index in [1.165, 1.54) is 11.4 Å². The highest BCUT2D eigenvalue weighted by molar-refractivity contribution is 7.80. The van der Waals surface area contributed by atoms with Crippen LogP contribution in [-0.4, -0.2) is 26.1 Å². The highest BCUT2D eigenvalue weighted by Gasteiger charge is 2.40. The fourth-order valence-electron chi connectivity index (χ4n) is 3.00. The Morgan fingerprint density at radius 3 is 2.67 bits per heavy atom. The minimum atomic E-state index is 0.0895. The summed E-state index contributed by atoms with van der Waals surface area (Å²) in [5.41, 5.74) is 3.54. The second kappa shape index (κ2) is 5.48. The second-order valence-electron chi connectivity index (χ2n) is 5.37. The van der Waals surface area contributed by atoms with Gasteiger partial charge in [-0.25, -0.2) is 0 Å². The molecule has 0 bridgehead atoms. The van der Waals surface area contributed by atoms with Gasteiger partial charge in [-0.15, -0.1) is 0 Å². The molecule has 1 aliphatic rings. The monoisotopic (exact) mass is 300 g/mol. The maximum absolute atomic E-state index is 5.52. The summed E-state index contributed by atoms with van der Waals surface area (Å²) in [6, 6.07) is 10.6. The standard InChI is InChI=1S/C16H20N4S/c1-4-20-15(13-9-8-11(2)19(13)3)14(18-16(20)21)12-7-5-6-10-17-12/h5-10,14-15H,4H2,1-3H3,(H,18,21)/t14-,15-/m0/s1. The normalized spacial score (nSPS) is 21.7. The van der Waals surface area contributed by atoms with Crippen LogP contribution in [0, 0.1) is 6.92 Å². The van der Waals surface area contributed by atoms with Crippen LogP contribution in [-0.2, 0) is 7.05 Å². The number of aromatic nitrogens is 2. The van der Waals surface area contributed by atoms with E-state index in [9.17, 15) is 0 Å². The number of thiocarbonyl (C=S) groups is 1. The lowest BCUT2D eigenvalue weighted by molar-refractivity contribution is 0.317. The average molecular weight is 300 g/mol. The van der Waals surface area contributed by atoms with Crippen molar-refractivity contribution in [2.45, 2.75) is 25.9 Å². The Morgan fingerprint density at radius 2 is 2.10 bits per heavy atom. The summed E-state index contributed by atoms with van der Waals surface area (Å²) in [5.74, 6) is 0. The van der Waals surface area contributed by atoms with E-state index in [0.717, 1.165) is 17.4 Å². The molecule has 2 aromatic heterocycles. The van der Waals surface area contributed by atoms with Crippen molar-refractivity contribution in [1.82, 2.24) is 19.8 Å². The number of nitrogens with one attached hydrogen (secondary N) is 1. The van der Waals surface area contributed by atoms with Gasteiger partial charge in [0.2, 0.25) is 0 Å². The number of nitrogens with zero attached hydrogens (tertiary/aromatic N) is 3. The van der Waals surface area contributed by atoms with Gasteiger partial charge < -0.3 is 14.8 Å². The third kappa shape index (κ3) is 2.31. The third-order valence-corrected chi connectivity index (χ3v) is 4.61. The summed E-state index contributed by atoms with van der Waals surface area (Å²) < 4.78 is 2.24. The van der Waals surface area contributed by atoms with Gasteiger partial charge in [0, 0.05) is 31.2 Å². The zero-order valence-corrected chi connectivity index (χ0v) is 13.4. The molecule has 0 aromatic carbocycles. The number of aryl methyl sites for hydroxylation is 1. The predicted octanol–water partition coefficient (Wildman–Crippen LogP) is 2.72. The predicted molar refractivity (Wildman–Crippen MR) is 88.0 cm³/mol. The summed E-state index contributed by atoms with van der Waals surface area (Å²) in [6.45, 7) is 5.14. The highest BCUT2D eigenvalue weighted by Crippen LogP contribution is 2.38. The van der Waals surface area contributed by atoms with E-state index in [1.54, 1.807) is 0 Å². The van der Waals surface area contributed by atoms with Crippen molar-refractivity contribution in [3.63, 3.8) is 0 Å². The number of rotatable bonds is 3. The van der Waals surface area contributed by atoms with Gasteiger partial charge in [-0.1, -0.05) is 6.07 Å². The molecule has 2 aromatic rings. The molecular weight excluding hydrogens is 280 g/mol. The lowest BCUT2D eigenvalue weighted by atomic mass is 10.0. The SMILES string of the molecule is CCN1C(=S)N[C@@H](c2ccccn2)[C@@H]1c1ccc(C)n1C. The highest BCUT2D eigenvalue weighted by atomic mass is 32.1.